The monoisotopic (exact) mass is 487 g/mol. The molecule has 0 spiro atoms. The van der Waals surface area contributed by atoms with Gasteiger partial charge in [0.15, 0.2) is 0 Å². The predicted molar refractivity (Wildman–Crippen MR) is 121 cm³/mol. The minimum atomic E-state index is -1.03. The van der Waals surface area contributed by atoms with E-state index in [1.54, 1.807) is 10.6 Å². The zero-order valence-corrected chi connectivity index (χ0v) is 18.8. The van der Waals surface area contributed by atoms with E-state index in [-0.39, 0.29) is 53.9 Å². The van der Waals surface area contributed by atoms with Crippen LogP contribution in [0.2, 0.25) is 5.15 Å². The second kappa shape index (κ2) is 8.69. The van der Waals surface area contributed by atoms with Crippen molar-refractivity contribution in [3.05, 3.63) is 64.7 Å². The first-order valence-corrected chi connectivity index (χ1v) is 11.0. The van der Waals surface area contributed by atoms with E-state index in [1.807, 2.05) is 19.1 Å². The maximum absolute atomic E-state index is 15.3. The number of hydrogen-bond acceptors (Lipinski definition) is 4. The highest BCUT2D eigenvalue weighted by Gasteiger charge is 2.28. The molecule has 176 valence electrons. The van der Waals surface area contributed by atoms with Crippen molar-refractivity contribution in [1.82, 2.24) is 24.3 Å². The van der Waals surface area contributed by atoms with Crippen LogP contribution >= 0.6 is 11.6 Å². The highest BCUT2D eigenvalue weighted by Crippen LogP contribution is 2.34. The Labute approximate surface area is 197 Å². The van der Waals surface area contributed by atoms with Gasteiger partial charge in [0.1, 0.15) is 28.3 Å². The summed E-state index contributed by atoms with van der Waals surface area (Å²) in [5.41, 5.74) is 2.06. The summed E-state index contributed by atoms with van der Waals surface area (Å²) in [5, 5.41) is 9.60. The number of aryl methyl sites for hydroxylation is 1. The SMILES string of the molecule is Cc1ccn2c(C[C@H]3CN(C(=O)O)CCO3)c(-c3c(F)cc(-c4ncc(Cl)[nH]4)cc3F)nc2c1. The summed E-state index contributed by atoms with van der Waals surface area (Å²) >= 11 is 5.85. The molecule has 1 atom stereocenters. The molecule has 1 aliphatic rings. The predicted octanol–water partition coefficient (Wildman–Crippen LogP) is 4.55. The Morgan fingerprint density at radius 3 is 2.76 bits per heavy atom. The Kier molecular flexibility index (Phi) is 5.70. The Bertz CT molecular complexity index is 1380. The molecule has 0 saturated carbocycles. The molecule has 1 amide bonds. The lowest BCUT2D eigenvalue weighted by Crippen LogP contribution is -2.45. The lowest BCUT2D eigenvalue weighted by molar-refractivity contribution is -0.0214. The van der Waals surface area contributed by atoms with E-state index in [2.05, 4.69) is 15.0 Å². The van der Waals surface area contributed by atoms with Crippen LogP contribution in [0.1, 0.15) is 11.3 Å². The van der Waals surface area contributed by atoms with Crippen molar-refractivity contribution in [2.24, 2.45) is 0 Å². The number of amides is 1. The van der Waals surface area contributed by atoms with E-state index in [0.717, 1.165) is 5.56 Å². The van der Waals surface area contributed by atoms with Crippen molar-refractivity contribution in [3.63, 3.8) is 0 Å². The van der Waals surface area contributed by atoms with Crippen LogP contribution in [0.4, 0.5) is 13.6 Å². The third-order valence-electron chi connectivity index (χ3n) is 5.81. The van der Waals surface area contributed by atoms with Crippen LogP contribution in [-0.2, 0) is 11.2 Å². The fourth-order valence-corrected chi connectivity index (χ4v) is 4.34. The number of imidazole rings is 2. The van der Waals surface area contributed by atoms with Gasteiger partial charge in [0.05, 0.1) is 42.4 Å². The number of ether oxygens (including phenoxy) is 1. The molecule has 0 bridgehead atoms. The molecule has 0 aliphatic carbocycles. The molecule has 2 N–H and O–H groups in total. The zero-order chi connectivity index (χ0) is 24.0. The van der Waals surface area contributed by atoms with Crippen molar-refractivity contribution in [2.75, 3.05) is 19.7 Å². The standard InChI is InChI=1S/C23H20ClF2N5O3/c1-12-2-3-31-17(9-14-11-30(23(32)33)4-5-34-14)21(29-19(31)6-12)20-15(25)7-13(8-16(20)26)22-27-10-18(24)28-22/h2-3,6-8,10,14H,4-5,9,11H2,1H3,(H,27,28)(H,32,33)/t14-/m0/s1. The van der Waals surface area contributed by atoms with Crippen LogP contribution in [0.25, 0.3) is 28.3 Å². The number of nitrogens with one attached hydrogen (secondary N) is 1. The average Bonchev–Trinajstić information content (AvgIpc) is 3.37. The number of carbonyl (C=O) groups is 1. The summed E-state index contributed by atoms with van der Waals surface area (Å²) in [4.78, 5) is 24.0. The topological polar surface area (TPSA) is 95.8 Å². The van der Waals surface area contributed by atoms with Crippen LogP contribution in [0.5, 0.6) is 0 Å². The van der Waals surface area contributed by atoms with Crippen LogP contribution in [-0.4, -0.2) is 61.3 Å². The number of aromatic amines is 1. The van der Waals surface area contributed by atoms with Crippen molar-refractivity contribution >= 4 is 23.3 Å². The third-order valence-corrected chi connectivity index (χ3v) is 6.00. The van der Waals surface area contributed by atoms with Gasteiger partial charge in [-0.3, -0.25) is 0 Å². The first-order chi connectivity index (χ1) is 16.3. The molecule has 0 radical (unpaired) electrons. The summed E-state index contributed by atoms with van der Waals surface area (Å²) in [6.07, 6.45) is 1.84. The second-order valence-corrected chi connectivity index (χ2v) is 8.57. The highest BCUT2D eigenvalue weighted by molar-refractivity contribution is 6.29. The molecule has 5 rings (SSSR count). The zero-order valence-electron chi connectivity index (χ0n) is 18.1. The van der Waals surface area contributed by atoms with E-state index < -0.39 is 23.8 Å². The van der Waals surface area contributed by atoms with Crippen LogP contribution in [0.3, 0.4) is 0 Å². The van der Waals surface area contributed by atoms with Gasteiger partial charge in [-0.05, 0) is 36.8 Å². The third kappa shape index (κ3) is 4.10. The molecule has 4 heterocycles. The Morgan fingerprint density at radius 1 is 1.32 bits per heavy atom. The average molecular weight is 488 g/mol. The summed E-state index contributed by atoms with van der Waals surface area (Å²) in [6, 6.07) is 6.03. The number of hydrogen-bond donors (Lipinski definition) is 2. The maximum Gasteiger partial charge on any atom is 0.407 e. The van der Waals surface area contributed by atoms with E-state index >= 15 is 8.78 Å². The number of pyridine rings is 1. The molecule has 1 fully saturated rings. The Balaban J connectivity index is 1.60. The number of aromatic nitrogens is 4. The number of rotatable bonds is 4. The first-order valence-electron chi connectivity index (χ1n) is 10.6. The van der Waals surface area contributed by atoms with Crippen molar-refractivity contribution in [3.8, 4) is 22.6 Å². The van der Waals surface area contributed by atoms with E-state index in [9.17, 15) is 9.90 Å². The first kappa shape index (κ1) is 22.3. The van der Waals surface area contributed by atoms with Gasteiger partial charge in [-0.1, -0.05) is 11.6 Å². The van der Waals surface area contributed by atoms with Crippen molar-refractivity contribution in [2.45, 2.75) is 19.4 Å². The number of morpholine rings is 1. The van der Waals surface area contributed by atoms with E-state index in [4.69, 9.17) is 16.3 Å². The molecule has 1 aromatic carbocycles. The molecular weight excluding hydrogens is 468 g/mol. The van der Waals surface area contributed by atoms with Crippen molar-refractivity contribution < 1.29 is 23.4 Å². The number of nitrogens with zero attached hydrogens (tertiary/aromatic N) is 4. The van der Waals surface area contributed by atoms with Gasteiger partial charge in [0, 0.05) is 24.7 Å². The van der Waals surface area contributed by atoms with Gasteiger partial charge in [0.25, 0.3) is 0 Å². The van der Waals surface area contributed by atoms with E-state index in [1.165, 1.54) is 23.2 Å². The highest BCUT2D eigenvalue weighted by atomic mass is 35.5. The Hall–Kier alpha value is -3.50. The smallest absolute Gasteiger partial charge is 0.407 e. The molecule has 4 aromatic rings. The molecule has 34 heavy (non-hydrogen) atoms. The maximum atomic E-state index is 15.3. The molecular formula is C23H20ClF2N5O3. The van der Waals surface area contributed by atoms with Crippen LogP contribution in [0.15, 0.2) is 36.7 Å². The molecule has 1 aliphatic heterocycles. The molecule has 1 saturated heterocycles. The number of H-pyrrole nitrogens is 1. The number of benzene rings is 1. The molecule has 3 aromatic heterocycles. The van der Waals surface area contributed by atoms with Gasteiger partial charge in [-0.15, -0.1) is 0 Å². The Morgan fingerprint density at radius 2 is 2.09 bits per heavy atom. The van der Waals surface area contributed by atoms with Crippen LogP contribution in [0, 0.1) is 18.6 Å². The number of carboxylic acid groups (broad SMARTS) is 1. The quantitative estimate of drug-likeness (QED) is 0.440. The fourth-order valence-electron chi connectivity index (χ4n) is 4.21. The minimum absolute atomic E-state index is 0.140. The fraction of sp³-hybridized carbons (Fsp3) is 0.261. The van der Waals surface area contributed by atoms with Gasteiger partial charge >= 0.3 is 6.09 Å². The number of halogens is 3. The van der Waals surface area contributed by atoms with Gasteiger partial charge in [-0.25, -0.2) is 23.5 Å². The summed E-state index contributed by atoms with van der Waals surface area (Å²) in [6.45, 7) is 2.56. The largest absolute Gasteiger partial charge is 0.465 e. The molecule has 0 unspecified atom stereocenters. The van der Waals surface area contributed by atoms with Gasteiger partial charge in [0.2, 0.25) is 0 Å². The normalized spacial score (nSPS) is 16.4. The van der Waals surface area contributed by atoms with Gasteiger partial charge in [-0.2, -0.15) is 0 Å². The lowest BCUT2D eigenvalue weighted by atomic mass is 10.0. The van der Waals surface area contributed by atoms with Crippen molar-refractivity contribution in [1.29, 1.82) is 0 Å². The number of fused-ring (bicyclic) bond motifs is 1. The molecule has 11 heteroatoms. The lowest BCUT2D eigenvalue weighted by Gasteiger charge is -2.31. The minimum Gasteiger partial charge on any atom is -0.465 e. The summed E-state index contributed by atoms with van der Waals surface area (Å²) in [5.74, 6) is -1.37. The second-order valence-electron chi connectivity index (χ2n) is 8.16. The van der Waals surface area contributed by atoms with Crippen LogP contribution < -0.4 is 0 Å². The summed E-state index contributed by atoms with van der Waals surface area (Å²) < 4.78 is 38.2. The van der Waals surface area contributed by atoms with Gasteiger partial charge < -0.3 is 24.1 Å². The molecule has 8 nitrogen and oxygen atoms in total. The van der Waals surface area contributed by atoms with E-state index in [0.29, 0.717) is 11.3 Å². The summed E-state index contributed by atoms with van der Waals surface area (Å²) in [7, 11) is 0.